The van der Waals surface area contributed by atoms with Gasteiger partial charge in [0, 0.05) is 19.3 Å². The van der Waals surface area contributed by atoms with Gasteiger partial charge in [-0.1, -0.05) is 240 Å². The lowest BCUT2D eigenvalue weighted by atomic mass is 9.99. The minimum atomic E-state index is -0.761. The van der Waals surface area contributed by atoms with Gasteiger partial charge in [-0.05, 0) is 31.1 Å². The Balaban J connectivity index is 4.28. The summed E-state index contributed by atoms with van der Waals surface area (Å²) in [6.45, 7) is 11.4. The molecule has 0 aliphatic carbocycles. The average Bonchev–Trinajstić information content (AvgIpc) is 3.19. The van der Waals surface area contributed by atoms with Crippen molar-refractivity contribution in [3.8, 4) is 0 Å². The molecule has 2 atom stereocenters. The van der Waals surface area contributed by atoms with Crippen molar-refractivity contribution >= 4 is 17.9 Å². The molecule has 0 saturated carbocycles. The van der Waals surface area contributed by atoms with E-state index in [0.29, 0.717) is 19.3 Å². The highest BCUT2D eigenvalue weighted by Gasteiger charge is 2.19. The molecule has 0 aromatic carbocycles. The second kappa shape index (κ2) is 44.0. The Morgan fingerprint density at radius 3 is 1.00 bits per heavy atom. The van der Waals surface area contributed by atoms with Crippen molar-refractivity contribution < 1.29 is 28.6 Å². The molecule has 1 unspecified atom stereocenters. The van der Waals surface area contributed by atoms with Crippen molar-refractivity contribution in [3.63, 3.8) is 0 Å². The molecule has 0 aliphatic heterocycles. The summed E-state index contributed by atoms with van der Waals surface area (Å²) in [5.41, 5.74) is 0. The molecule has 0 spiro atoms. The molecule has 0 amide bonds. The lowest BCUT2D eigenvalue weighted by molar-refractivity contribution is -0.167. The van der Waals surface area contributed by atoms with Crippen LogP contribution in [0.4, 0.5) is 0 Å². The van der Waals surface area contributed by atoms with Gasteiger partial charge in [0.1, 0.15) is 13.2 Å². The van der Waals surface area contributed by atoms with Gasteiger partial charge in [0.25, 0.3) is 0 Å². The third kappa shape index (κ3) is 43.8. The predicted molar refractivity (Wildman–Crippen MR) is 243 cm³/mol. The summed E-state index contributed by atoms with van der Waals surface area (Å²) < 4.78 is 16.8. The van der Waals surface area contributed by atoms with Gasteiger partial charge < -0.3 is 14.2 Å². The molecule has 0 fully saturated rings. The maximum absolute atomic E-state index is 12.7. The first-order valence-electron chi connectivity index (χ1n) is 25.3. The maximum atomic E-state index is 12.7. The van der Waals surface area contributed by atoms with Gasteiger partial charge >= 0.3 is 17.9 Å². The minimum Gasteiger partial charge on any atom is -0.462 e. The first-order valence-corrected chi connectivity index (χ1v) is 25.3. The van der Waals surface area contributed by atoms with Crippen molar-refractivity contribution in [2.75, 3.05) is 13.2 Å². The van der Waals surface area contributed by atoms with E-state index in [-0.39, 0.29) is 31.1 Å². The number of rotatable bonds is 45. The molecule has 0 aromatic rings. The normalized spacial score (nSPS) is 12.5. The maximum Gasteiger partial charge on any atom is 0.306 e. The molecule has 0 heterocycles. The summed E-state index contributed by atoms with van der Waals surface area (Å²) in [6.07, 6.45) is 43.7. The number of esters is 3. The van der Waals surface area contributed by atoms with Crippen LogP contribution in [0.15, 0.2) is 0 Å². The molecular weight excluding hydrogens is 709 g/mol. The molecule has 0 aliphatic rings. The highest BCUT2D eigenvalue weighted by Crippen LogP contribution is 2.18. The quantitative estimate of drug-likeness (QED) is 0.0346. The van der Waals surface area contributed by atoms with E-state index < -0.39 is 6.10 Å². The fourth-order valence-corrected chi connectivity index (χ4v) is 7.60. The molecule has 0 rings (SSSR count). The van der Waals surface area contributed by atoms with Gasteiger partial charge in [0.15, 0.2) is 6.10 Å². The van der Waals surface area contributed by atoms with E-state index in [0.717, 1.165) is 69.6 Å². The summed E-state index contributed by atoms with van der Waals surface area (Å²) in [5, 5.41) is 0. The molecule has 57 heavy (non-hydrogen) atoms. The number of hydrogen-bond donors (Lipinski definition) is 0. The fraction of sp³-hybridized carbons (Fsp3) is 0.941. The predicted octanol–water partition coefficient (Wildman–Crippen LogP) is 16.1. The number of unbranched alkanes of at least 4 members (excludes halogenated alkanes) is 29. The van der Waals surface area contributed by atoms with Crippen molar-refractivity contribution in [2.45, 2.75) is 285 Å². The number of carbonyl (C=O) groups is 3. The SMILES string of the molecule is CCCCCCCCCCCCC(=O)OC[C@@H](COC(=O)CCCCCCCCCCCCCCCCC(C)C)OC(=O)CCCCCCCCCCC(C)CC. The molecule has 0 N–H and O–H groups in total. The molecular formula is C51H98O6. The Kier molecular flexibility index (Phi) is 42.7. The molecule has 0 bridgehead atoms. The minimum absolute atomic E-state index is 0.0642. The van der Waals surface area contributed by atoms with Crippen molar-refractivity contribution in [2.24, 2.45) is 11.8 Å². The third-order valence-electron chi connectivity index (χ3n) is 11.8. The van der Waals surface area contributed by atoms with E-state index in [9.17, 15) is 14.4 Å². The fourth-order valence-electron chi connectivity index (χ4n) is 7.60. The molecule has 0 aromatic heterocycles. The van der Waals surface area contributed by atoms with Crippen molar-refractivity contribution in [1.29, 1.82) is 0 Å². The Morgan fingerprint density at radius 2 is 0.667 bits per heavy atom. The standard InChI is InChI=1S/C51H98O6/c1-6-8-9-10-11-12-20-26-31-36-41-49(52)55-44-48(57-51(54)43-38-33-28-23-22-25-30-35-40-47(5)7-2)45-56-50(53)42-37-32-27-21-18-16-14-13-15-17-19-24-29-34-39-46(3)4/h46-48H,6-45H2,1-5H3/t47?,48-/m0/s1. The summed E-state index contributed by atoms with van der Waals surface area (Å²) in [5.74, 6) is 0.837. The number of hydrogen-bond acceptors (Lipinski definition) is 6. The van der Waals surface area contributed by atoms with E-state index in [2.05, 4.69) is 34.6 Å². The topological polar surface area (TPSA) is 78.9 Å². The lowest BCUT2D eigenvalue weighted by Gasteiger charge is -2.18. The highest BCUT2D eigenvalue weighted by molar-refractivity contribution is 5.71. The molecule has 0 radical (unpaired) electrons. The van der Waals surface area contributed by atoms with Gasteiger partial charge in [-0.3, -0.25) is 14.4 Å². The zero-order valence-corrected chi connectivity index (χ0v) is 39.0. The van der Waals surface area contributed by atoms with Crippen molar-refractivity contribution in [3.05, 3.63) is 0 Å². The summed E-state index contributed by atoms with van der Waals surface area (Å²) in [6, 6.07) is 0. The first-order chi connectivity index (χ1) is 27.8. The molecule has 6 nitrogen and oxygen atoms in total. The Bertz CT molecular complexity index is 872. The van der Waals surface area contributed by atoms with Crippen LogP contribution in [0.25, 0.3) is 0 Å². The van der Waals surface area contributed by atoms with Gasteiger partial charge in [-0.15, -0.1) is 0 Å². The van der Waals surface area contributed by atoms with Gasteiger partial charge in [0.2, 0.25) is 0 Å². The highest BCUT2D eigenvalue weighted by atomic mass is 16.6. The zero-order chi connectivity index (χ0) is 41.9. The first kappa shape index (κ1) is 55.4. The zero-order valence-electron chi connectivity index (χ0n) is 39.0. The van der Waals surface area contributed by atoms with Gasteiger partial charge in [-0.2, -0.15) is 0 Å². The summed E-state index contributed by atoms with van der Waals surface area (Å²) >= 11 is 0. The van der Waals surface area contributed by atoms with Gasteiger partial charge in [0.05, 0.1) is 0 Å². The Labute approximate surface area is 355 Å². The smallest absolute Gasteiger partial charge is 0.306 e. The monoisotopic (exact) mass is 807 g/mol. The van der Waals surface area contributed by atoms with Crippen LogP contribution in [-0.4, -0.2) is 37.2 Å². The second-order valence-corrected chi connectivity index (χ2v) is 18.2. The van der Waals surface area contributed by atoms with E-state index in [4.69, 9.17) is 14.2 Å². The van der Waals surface area contributed by atoms with Crippen LogP contribution in [0.2, 0.25) is 0 Å². The van der Waals surface area contributed by atoms with Crippen LogP contribution in [0, 0.1) is 11.8 Å². The molecule has 338 valence electrons. The van der Waals surface area contributed by atoms with E-state index in [1.165, 1.54) is 167 Å². The third-order valence-corrected chi connectivity index (χ3v) is 11.8. The van der Waals surface area contributed by atoms with Crippen molar-refractivity contribution in [1.82, 2.24) is 0 Å². The van der Waals surface area contributed by atoms with Crippen LogP contribution >= 0.6 is 0 Å². The van der Waals surface area contributed by atoms with Gasteiger partial charge in [-0.25, -0.2) is 0 Å². The average molecular weight is 807 g/mol. The summed E-state index contributed by atoms with van der Waals surface area (Å²) in [4.78, 5) is 37.8. The number of ether oxygens (including phenoxy) is 3. The Morgan fingerprint density at radius 1 is 0.368 bits per heavy atom. The molecule has 0 saturated heterocycles. The van der Waals surface area contributed by atoms with Crippen LogP contribution in [-0.2, 0) is 28.6 Å². The largest absolute Gasteiger partial charge is 0.462 e. The molecule has 6 heteroatoms. The second-order valence-electron chi connectivity index (χ2n) is 18.2. The summed E-state index contributed by atoms with van der Waals surface area (Å²) in [7, 11) is 0. The lowest BCUT2D eigenvalue weighted by Crippen LogP contribution is -2.30. The number of carbonyl (C=O) groups excluding carboxylic acids is 3. The van der Waals surface area contributed by atoms with Crippen LogP contribution in [0.5, 0.6) is 0 Å². The van der Waals surface area contributed by atoms with Crippen LogP contribution < -0.4 is 0 Å². The Hall–Kier alpha value is -1.59. The van der Waals surface area contributed by atoms with Crippen LogP contribution in [0.1, 0.15) is 279 Å². The van der Waals surface area contributed by atoms with Crippen LogP contribution in [0.3, 0.4) is 0 Å². The van der Waals surface area contributed by atoms with E-state index in [1.54, 1.807) is 0 Å². The van der Waals surface area contributed by atoms with E-state index >= 15 is 0 Å². The van der Waals surface area contributed by atoms with E-state index in [1.807, 2.05) is 0 Å².